The summed E-state index contributed by atoms with van der Waals surface area (Å²) in [4.78, 5) is 1.33. The Labute approximate surface area is 106 Å². The molecule has 0 bridgehead atoms. The Hall–Kier alpha value is -1.16. The van der Waals surface area contributed by atoms with Gasteiger partial charge in [0.2, 0.25) is 0 Å². The molecule has 0 saturated carbocycles. The Morgan fingerprint density at radius 1 is 1.18 bits per heavy atom. The maximum atomic E-state index is 5.69. The van der Waals surface area contributed by atoms with Crippen LogP contribution in [-0.4, -0.2) is 12.6 Å². The van der Waals surface area contributed by atoms with E-state index in [4.69, 9.17) is 5.73 Å². The van der Waals surface area contributed by atoms with E-state index in [2.05, 4.69) is 54.0 Å². The molecule has 0 aliphatic carbocycles. The highest BCUT2D eigenvalue weighted by atomic mass is 32.1. The van der Waals surface area contributed by atoms with Crippen molar-refractivity contribution < 1.29 is 0 Å². The Morgan fingerprint density at radius 2 is 1.94 bits per heavy atom. The molecular weight excluding hydrogens is 228 g/mol. The van der Waals surface area contributed by atoms with E-state index >= 15 is 0 Å². The summed E-state index contributed by atoms with van der Waals surface area (Å²) in [5.41, 5.74) is 6.98. The zero-order valence-electron chi connectivity index (χ0n) is 9.97. The first-order valence-corrected chi connectivity index (χ1v) is 6.73. The van der Waals surface area contributed by atoms with E-state index < -0.39 is 0 Å². The molecule has 2 aromatic rings. The molecule has 17 heavy (non-hydrogen) atoms. The molecular formula is C14H18N2S. The SMILES string of the molecule is CC(CN)NC(c1ccccc1)c1cccs1. The number of hydrogen-bond donors (Lipinski definition) is 2. The fourth-order valence-electron chi connectivity index (χ4n) is 1.80. The minimum Gasteiger partial charge on any atom is -0.329 e. The van der Waals surface area contributed by atoms with E-state index in [1.807, 2.05) is 6.07 Å². The third kappa shape index (κ3) is 3.16. The maximum absolute atomic E-state index is 5.69. The summed E-state index contributed by atoms with van der Waals surface area (Å²) in [7, 11) is 0. The van der Waals surface area contributed by atoms with Gasteiger partial charge in [-0.25, -0.2) is 0 Å². The van der Waals surface area contributed by atoms with Gasteiger partial charge in [0.05, 0.1) is 6.04 Å². The van der Waals surface area contributed by atoms with Gasteiger partial charge in [0.1, 0.15) is 0 Å². The molecule has 3 N–H and O–H groups in total. The van der Waals surface area contributed by atoms with Crippen LogP contribution in [0.25, 0.3) is 0 Å². The first-order valence-electron chi connectivity index (χ1n) is 5.85. The zero-order chi connectivity index (χ0) is 12.1. The normalized spacial score (nSPS) is 14.5. The van der Waals surface area contributed by atoms with Gasteiger partial charge in [-0.05, 0) is 23.9 Å². The van der Waals surface area contributed by atoms with Crippen molar-refractivity contribution in [2.75, 3.05) is 6.54 Å². The van der Waals surface area contributed by atoms with E-state index in [9.17, 15) is 0 Å². The van der Waals surface area contributed by atoms with Crippen LogP contribution in [0.15, 0.2) is 47.8 Å². The molecule has 3 heteroatoms. The lowest BCUT2D eigenvalue weighted by atomic mass is 10.0. The second-order valence-electron chi connectivity index (χ2n) is 4.16. The molecule has 0 aliphatic rings. The molecule has 1 aromatic carbocycles. The summed E-state index contributed by atoms with van der Waals surface area (Å²) in [6, 6.07) is 15.3. The quantitative estimate of drug-likeness (QED) is 0.851. The molecule has 0 amide bonds. The highest BCUT2D eigenvalue weighted by molar-refractivity contribution is 7.10. The second-order valence-corrected chi connectivity index (χ2v) is 5.14. The van der Waals surface area contributed by atoms with E-state index in [1.165, 1.54) is 10.4 Å². The number of thiophene rings is 1. The van der Waals surface area contributed by atoms with Crippen molar-refractivity contribution in [1.82, 2.24) is 5.32 Å². The van der Waals surface area contributed by atoms with Crippen LogP contribution in [0.5, 0.6) is 0 Å². The lowest BCUT2D eigenvalue weighted by molar-refractivity contribution is 0.510. The second kappa shape index (κ2) is 5.96. The molecule has 2 rings (SSSR count). The standard InChI is InChI=1S/C14H18N2S/c1-11(10-15)16-14(13-8-5-9-17-13)12-6-3-2-4-7-12/h2-9,11,14,16H,10,15H2,1H3. The summed E-state index contributed by atoms with van der Waals surface area (Å²) < 4.78 is 0. The molecule has 1 aromatic heterocycles. The third-order valence-electron chi connectivity index (χ3n) is 2.77. The lowest BCUT2D eigenvalue weighted by Gasteiger charge is -2.22. The number of nitrogens with one attached hydrogen (secondary N) is 1. The smallest absolute Gasteiger partial charge is 0.0673 e. The van der Waals surface area contributed by atoms with Gasteiger partial charge < -0.3 is 11.1 Å². The van der Waals surface area contributed by atoms with E-state index in [1.54, 1.807) is 11.3 Å². The summed E-state index contributed by atoms with van der Waals surface area (Å²) >= 11 is 1.78. The molecule has 90 valence electrons. The van der Waals surface area contributed by atoms with Crippen molar-refractivity contribution in [1.29, 1.82) is 0 Å². The van der Waals surface area contributed by atoms with Gasteiger partial charge in [-0.1, -0.05) is 36.4 Å². The van der Waals surface area contributed by atoms with E-state index in [0.717, 1.165) is 0 Å². The lowest BCUT2D eigenvalue weighted by Crippen LogP contribution is -2.36. The van der Waals surface area contributed by atoms with Crippen LogP contribution in [0.3, 0.4) is 0 Å². The molecule has 0 saturated heterocycles. The fourth-order valence-corrected chi connectivity index (χ4v) is 2.61. The minimum atomic E-state index is 0.245. The van der Waals surface area contributed by atoms with Crippen LogP contribution in [0.4, 0.5) is 0 Å². The molecule has 1 heterocycles. The van der Waals surface area contributed by atoms with Crippen molar-refractivity contribution in [2.24, 2.45) is 5.73 Å². The summed E-state index contributed by atoms with van der Waals surface area (Å²) in [5, 5.41) is 5.68. The van der Waals surface area contributed by atoms with Crippen molar-refractivity contribution in [2.45, 2.75) is 19.0 Å². The topological polar surface area (TPSA) is 38.0 Å². The predicted octanol–water partition coefficient (Wildman–Crippen LogP) is 2.77. The Kier molecular flexibility index (Phi) is 4.31. The monoisotopic (exact) mass is 246 g/mol. The summed E-state index contributed by atoms with van der Waals surface area (Å²) in [6.45, 7) is 2.76. The zero-order valence-corrected chi connectivity index (χ0v) is 10.8. The number of rotatable bonds is 5. The van der Waals surface area contributed by atoms with Crippen LogP contribution in [0.2, 0.25) is 0 Å². The molecule has 0 radical (unpaired) electrons. The van der Waals surface area contributed by atoms with Crippen LogP contribution in [-0.2, 0) is 0 Å². The van der Waals surface area contributed by atoms with Gasteiger partial charge in [0.25, 0.3) is 0 Å². The summed E-state index contributed by atoms with van der Waals surface area (Å²) in [5.74, 6) is 0. The van der Waals surface area contributed by atoms with Gasteiger partial charge in [-0.3, -0.25) is 0 Å². The predicted molar refractivity (Wildman–Crippen MR) is 74.3 cm³/mol. The van der Waals surface area contributed by atoms with Crippen molar-refractivity contribution in [3.8, 4) is 0 Å². The van der Waals surface area contributed by atoms with E-state index in [-0.39, 0.29) is 6.04 Å². The third-order valence-corrected chi connectivity index (χ3v) is 3.70. The Balaban J connectivity index is 2.25. The van der Waals surface area contributed by atoms with Crippen LogP contribution < -0.4 is 11.1 Å². The Morgan fingerprint density at radius 3 is 2.53 bits per heavy atom. The van der Waals surface area contributed by atoms with Gasteiger partial charge >= 0.3 is 0 Å². The highest BCUT2D eigenvalue weighted by Gasteiger charge is 2.16. The first kappa shape index (κ1) is 12.3. The first-order chi connectivity index (χ1) is 8.31. The van der Waals surface area contributed by atoms with Crippen LogP contribution in [0, 0.1) is 0 Å². The molecule has 2 atom stereocenters. The Bertz CT molecular complexity index is 425. The number of nitrogens with two attached hydrogens (primary N) is 1. The fraction of sp³-hybridized carbons (Fsp3) is 0.286. The van der Waals surface area contributed by atoms with E-state index in [0.29, 0.717) is 12.6 Å². The number of benzene rings is 1. The van der Waals surface area contributed by atoms with Crippen molar-refractivity contribution >= 4 is 11.3 Å². The molecule has 2 nitrogen and oxygen atoms in total. The molecule has 0 aliphatic heterocycles. The molecule has 0 spiro atoms. The van der Waals surface area contributed by atoms with Gasteiger partial charge in [-0.15, -0.1) is 11.3 Å². The highest BCUT2D eigenvalue weighted by Crippen LogP contribution is 2.26. The van der Waals surface area contributed by atoms with Crippen molar-refractivity contribution in [3.63, 3.8) is 0 Å². The minimum absolute atomic E-state index is 0.245. The largest absolute Gasteiger partial charge is 0.329 e. The average Bonchev–Trinajstić information content (AvgIpc) is 2.90. The van der Waals surface area contributed by atoms with Gasteiger partial charge in [0, 0.05) is 17.5 Å². The average molecular weight is 246 g/mol. The molecule has 0 fully saturated rings. The molecule has 2 unspecified atom stereocenters. The van der Waals surface area contributed by atoms with Crippen molar-refractivity contribution in [3.05, 3.63) is 58.3 Å². The number of hydrogen-bond acceptors (Lipinski definition) is 3. The summed E-state index contributed by atoms with van der Waals surface area (Å²) in [6.07, 6.45) is 0. The van der Waals surface area contributed by atoms with Gasteiger partial charge in [-0.2, -0.15) is 0 Å². The van der Waals surface area contributed by atoms with Crippen LogP contribution in [0.1, 0.15) is 23.4 Å². The van der Waals surface area contributed by atoms with Gasteiger partial charge in [0.15, 0.2) is 0 Å². The van der Waals surface area contributed by atoms with Crippen LogP contribution >= 0.6 is 11.3 Å². The maximum Gasteiger partial charge on any atom is 0.0673 e.